The van der Waals surface area contributed by atoms with Crippen LogP contribution in [0.15, 0.2) is 59.5 Å². The number of hydrogen-bond acceptors (Lipinski definition) is 9. The van der Waals surface area contributed by atoms with Crippen molar-refractivity contribution in [2.75, 3.05) is 38.7 Å². The number of benzene rings is 3. The maximum Gasteiger partial charge on any atom is 0.339 e. The van der Waals surface area contributed by atoms with Gasteiger partial charge >= 0.3 is 10.1 Å². The Labute approximate surface area is 232 Å². The van der Waals surface area contributed by atoms with Crippen molar-refractivity contribution in [2.24, 2.45) is 5.92 Å². The Kier molecular flexibility index (Phi) is 8.10. The minimum atomic E-state index is -4.26. The third kappa shape index (κ3) is 5.34. The summed E-state index contributed by atoms with van der Waals surface area (Å²) in [5.74, 6) is 0.499. The number of ether oxygens (including phenoxy) is 4. The molecular formula is C28H30N2O9S. The predicted molar refractivity (Wildman–Crippen MR) is 147 cm³/mol. The molecule has 0 saturated carbocycles. The number of anilines is 2. The van der Waals surface area contributed by atoms with Gasteiger partial charge in [-0.3, -0.25) is 9.59 Å². The quantitative estimate of drug-likeness (QED) is 0.282. The zero-order valence-electron chi connectivity index (χ0n) is 22.9. The number of hydrogen-bond donors (Lipinski definition) is 1. The molecule has 212 valence electrons. The van der Waals surface area contributed by atoms with E-state index in [9.17, 15) is 18.0 Å². The summed E-state index contributed by atoms with van der Waals surface area (Å²) in [6.45, 7) is 3.14. The van der Waals surface area contributed by atoms with Gasteiger partial charge < -0.3 is 33.3 Å². The second-order valence-corrected chi connectivity index (χ2v) is 10.5. The zero-order valence-corrected chi connectivity index (χ0v) is 23.7. The Balaban J connectivity index is 1.69. The van der Waals surface area contributed by atoms with Crippen molar-refractivity contribution in [3.63, 3.8) is 0 Å². The number of nitrogens with zero attached hydrogens (tertiary/aromatic N) is 1. The number of methoxy groups -OCH3 is 4. The van der Waals surface area contributed by atoms with Gasteiger partial charge in [0.05, 0.1) is 46.1 Å². The minimum absolute atomic E-state index is 0.0395. The van der Waals surface area contributed by atoms with E-state index in [0.29, 0.717) is 34.2 Å². The van der Waals surface area contributed by atoms with Gasteiger partial charge in [0.25, 0.3) is 0 Å². The van der Waals surface area contributed by atoms with E-state index in [1.165, 1.54) is 59.6 Å². The van der Waals surface area contributed by atoms with Gasteiger partial charge in [0, 0.05) is 24.7 Å². The van der Waals surface area contributed by atoms with E-state index in [2.05, 4.69) is 5.32 Å². The molecule has 1 N–H and O–H groups in total. The summed E-state index contributed by atoms with van der Waals surface area (Å²) in [6.07, 6.45) is 0. The minimum Gasteiger partial charge on any atom is -0.493 e. The van der Waals surface area contributed by atoms with Crippen molar-refractivity contribution >= 4 is 33.3 Å². The predicted octanol–water partition coefficient (Wildman–Crippen LogP) is 4.17. The molecule has 1 aliphatic heterocycles. The Morgan fingerprint density at radius 2 is 1.43 bits per heavy atom. The summed E-state index contributed by atoms with van der Waals surface area (Å²) >= 11 is 0. The summed E-state index contributed by atoms with van der Waals surface area (Å²) in [6, 6.07) is 13.4. The first-order chi connectivity index (χ1) is 19.0. The highest BCUT2D eigenvalue weighted by atomic mass is 32.2. The SMILES string of the molecule is COc1ccc([C@H]2C(C)C(=O)N2c2cc(OC)c(OC)c(OC)c2)cc1OS(=O)(=O)c1ccc(NC(C)=O)cc1. The molecule has 0 aromatic heterocycles. The van der Waals surface area contributed by atoms with Crippen LogP contribution in [0, 0.1) is 5.92 Å². The highest BCUT2D eigenvalue weighted by Crippen LogP contribution is 2.49. The van der Waals surface area contributed by atoms with Crippen LogP contribution in [0.2, 0.25) is 0 Å². The first-order valence-electron chi connectivity index (χ1n) is 12.2. The molecular weight excluding hydrogens is 540 g/mol. The molecule has 0 spiro atoms. The molecule has 40 heavy (non-hydrogen) atoms. The topological polar surface area (TPSA) is 130 Å². The van der Waals surface area contributed by atoms with Gasteiger partial charge in [-0.15, -0.1) is 0 Å². The van der Waals surface area contributed by atoms with Crippen molar-refractivity contribution in [1.29, 1.82) is 0 Å². The summed E-state index contributed by atoms with van der Waals surface area (Å²) < 4.78 is 53.3. The average molecular weight is 571 g/mol. The number of rotatable bonds is 10. The maximum atomic E-state index is 13.1. The highest BCUT2D eigenvalue weighted by Gasteiger charge is 2.46. The molecule has 0 radical (unpaired) electrons. The summed E-state index contributed by atoms with van der Waals surface area (Å²) in [7, 11) is 1.60. The van der Waals surface area contributed by atoms with E-state index < -0.39 is 22.1 Å². The molecule has 1 fully saturated rings. The van der Waals surface area contributed by atoms with E-state index >= 15 is 0 Å². The van der Waals surface area contributed by atoms with Gasteiger partial charge in [-0.1, -0.05) is 13.0 Å². The Hall–Kier alpha value is -4.45. The third-order valence-corrected chi connectivity index (χ3v) is 7.75. The molecule has 3 aromatic rings. The first kappa shape index (κ1) is 28.6. The Morgan fingerprint density at radius 1 is 0.825 bits per heavy atom. The smallest absolute Gasteiger partial charge is 0.339 e. The second-order valence-electron chi connectivity index (χ2n) is 8.98. The molecule has 1 saturated heterocycles. The lowest BCUT2D eigenvalue weighted by Gasteiger charge is -2.46. The van der Waals surface area contributed by atoms with E-state index in [1.54, 1.807) is 42.2 Å². The fraction of sp³-hybridized carbons (Fsp3) is 0.286. The largest absolute Gasteiger partial charge is 0.493 e. The summed E-state index contributed by atoms with van der Waals surface area (Å²) in [5, 5.41) is 2.58. The van der Waals surface area contributed by atoms with E-state index in [0.717, 1.165) is 0 Å². The summed E-state index contributed by atoms with van der Waals surface area (Å²) in [4.78, 5) is 25.8. The van der Waals surface area contributed by atoms with E-state index in [4.69, 9.17) is 23.1 Å². The normalized spacial score (nSPS) is 16.6. The lowest BCUT2D eigenvalue weighted by molar-refractivity contribution is -0.129. The van der Waals surface area contributed by atoms with E-state index in [-0.39, 0.29) is 28.2 Å². The lowest BCUT2D eigenvalue weighted by Crippen LogP contribution is -2.54. The van der Waals surface area contributed by atoms with Crippen molar-refractivity contribution in [3.05, 3.63) is 60.2 Å². The standard InChI is InChI=1S/C28H30N2O9S/c1-16-26(30(28(16)32)20-14-24(36-4)27(38-6)25(15-20)37-5)18-7-12-22(35-3)23(13-18)39-40(33,34)21-10-8-19(9-11-21)29-17(2)31/h7-16,26H,1-6H3,(H,29,31)/t16?,26-/m1/s1. The van der Waals surface area contributed by atoms with Gasteiger partial charge in [-0.25, -0.2) is 0 Å². The van der Waals surface area contributed by atoms with Crippen LogP contribution in [0.3, 0.4) is 0 Å². The van der Waals surface area contributed by atoms with Crippen LogP contribution < -0.4 is 33.3 Å². The number of nitrogens with one attached hydrogen (secondary N) is 1. The molecule has 0 bridgehead atoms. The monoisotopic (exact) mass is 570 g/mol. The zero-order chi connectivity index (χ0) is 29.2. The first-order valence-corrected chi connectivity index (χ1v) is 13.6. The Morgan fingerprint density at radius 3 is 1.95 bits per heavy atom. The van der Waals surface area contributed by atoms with Crippen LogP contribution in [0.4, 0.5) is 11.4 Å². The fourth-order valence-corrected chi connectivity index (χ4v) is 5.51. The van der Waals surface area contributed by atoms with Gasteiger partial charge in [0.1, 0.15) is 4.90 Å². The molecule has 11 nitrogen and oxygen atoms in total. The van der Waals surface area contributed by atoms with Crippen LogP contribution >= 0.6 is 0 Å². The van der Waals surface area contributed by atoms with Crippen LogP contribution in [0.1, 0.15) is 25.5 Å². The van der Waals surface area contributed by atoms with Gasteiger partial charge in [-0.2, -0.15) is 8.42 Å². The third-order valence-electron chi connectivity index (χ3n) is 6.50. The molecule has 4 rings (SSSR count). The maximum absolute atomic E-state index is 13.1. The van der Waals surface area contributed by atoms with Crippen LogP contribution in [0.5, 0.6) is 28.7 Å². The van der Waals surface area contributed by atoms with Crippen molar-refractivity contribution in [3.8, 4) is 28.7 Å². The fourth-order valence-electron chi connectivity index (χ4n) is 4.58. The lowest BCUT2D eigenvalue weighted by atomic mass is 9.83. The van der Waals surface area contributed by atoms with Gasteiger partial charge in [-0.05, 0) is 42.0 Å². The molecule has 0 aliphatic carbocycles. The molecule has 1 heterocycles. The van der Waals surface area contributed by atoms with Crippen LogP contribution in [-0.2, 0) is 19.7 Å². The average Bonchev–Trinajstić information content (AvgIpc) is 2.94. The second kappa shape index (κ2) is 11.3. The molecule has 12 heteroatoms. The van der Waals surface area contributed by atoms with Gasteiger partial charge in [0.15, 0.2) is 23.0 Å². The number of carbonyl (C=O) groups is 2. The Bertz CT molecular complexity index is 1510. The van der Waals surface area contributed by atoms with E-state index in [1.807, 2.05) is 0 Å². The summed E-state index contributed by atoms with van der Waals surface area (Å²) in [5.41, 5.74) is 1.60. The van der Waals surface area contributed by atoms with Gasteiger partial charge in [0.2, 0.25) is 17.6 Å². The van der Waals surface area contributed by atoms with Crippen molar-refractivity contribution < 1.29 is 41.1 Å². The number of amides is 2. The molecule has 2 atom stereocenters. The number of β-lactam (4-membered cyclic amide) rings is 1. The molecule has 3 aromatic carbocycles. The highest BCUT2D eigenvalue weighted by molar-refractivity contribution is 7.87. The molecule has 1 aliphatic rings. The van der Waals surface area contributed by atoms with Crippen LogP contribution in [0.25, 0.3) is 0 Å². The molecule has 2 amide bonds. The molecule has 1 unspecified atom stereocenters. The van der Waals surface area contributed by atoms with Crippen molar-refractivity contribution in [2.45, 2.75) is 24.8 Å². The van der Waals surface area contributed by atoms with Crippen molar-refractivity contribution in [1.82, 2.24) is 0 Å². The van der Waals surface area contributed by atoms with Crippen LogP contribution in [-0.4, -0.2) is 48.7 Å². The number of carbonyl (C=O) groups excluding carboxylic acids is 2.